The van der Waals surface area contributed by atoms with Crippen LogP contribution in [0, 0.1) is 13.8 Å². The highest BCUT2D eigenvalue weighted by Crippen LogP contribution is 2.30. The molecule has 0 radical (unpaired) electrons. The molecule has 0 saturated heterocycles. The number of nitrogens with zero attached hydrogens (tertiary/aromatic N) is 3. The fourth-order valence-electron chi connectivity index (χ4n) is 2.52. The molecule has 0 N–H and O–H groups in total. The van der Waals surface area contributed by atoms with E-state index in [4.69, 9.17) is 4.74 Å². The maximum absolute atomic E-state index is 13.2. The van der Waals surface area contributed by atoms with Crippen LogP contribution in [-0.2, 0) is 10.0 Å². The van der Waals surface area contributed by atoms with Gasteiger partial charge in [-0.2, -0.15) is 8.42 Å². The first-order valence-electron chi connectivity index (χ1n) is 8.25. The van der Waals surface area contributed by atoms with Gasteiger partial charge in [-0.05, 0) is 55.7 Å². The van der Waals surface area contributed by atoms with E-state index in [-0.39, 0.29) is 4.90 Å². The molecule has 6 nitrogen and oxygen atoms in total. The lowest BCUT2D eigenvalue weighted by atomic mass is 10.1. The number of fused-ring (bicyclic) bond motifs is 1. The number of rotatable bonds is 6. The summed E-state index contributed by atoms with van der Waals surface area (Å²) in [6.07, 6.45) is 1.83. The predicted molar refractivity (Wildman–Crippen MR) is 96.4 cm³/mol. The van der Waals surface area contributed by atoms with E-state index in [9.17, 15) is 8.42 Å². The zero-order valence-electron chi connectivity index (χ0n) is 14.6. The molecule has 1 heterocycles. The van der Waals surface area contributed by atoms with Crippen LogP contribution in [0.25, 0.3) is 11.0 Å². The molecule has 3 rings (SSSR count). The minimum absolute atomic E-state index is 0.113. The molecule has 25 heavy (non-hydrogen) atoms. The molecule has 0 saturated carbocycles. The molecule has 0 aliphatic rings. The van der Waals surface area contributed by atoms with Gasteiger partial charge in [0.25, 0.3) is 10.0 Å². The van der Waals surface area contributed by atoms with E-state index in [1.165, 1.54) is 0 Å². The van der Waals surface area contributed by atoms with Crippen LogP contribution in [0.15, 0.2) is 41.3 Å². The van der Waals surface area contributed by atoms with Gasteiger partial charge in [-0.3, -0.25) is 0 Å². The van der Waals surface area contributed by atoms with Crippen LogP contribution in [0.2, 0.25) is 0 Å². The third-order valence-electron chi connectivity index (χ3n) is 4.14. The Bertz CT molecular complexity index is 1010. The first kappa shape index (κ1) is 17.4. The van der Waals surface area contributed by atoms with E-state index in [1.807, 2.05) is 13.8 Å². The van der Waals surface area contributed by atoms with Crippen LogP contribution in [0.1, 0.15) is 30.9 Å². The largest absolute Gasteiger partial charge is 0.492 e. The number of ether oxygens (including phenoxy) is 1. The zero-order valence-corrected chi connectivity index (χ0v) is 15.4. The Morgan fingerprint density at radius 2 is 1.84 bits per heavy atom. The number of aryl methyl sites for hydroxylation is 2. The van der Waals surface area contributed by atoms with Gasteiger partial charge >= 0.3 is 0 Å². The van der Waals surface area contributed by atoms with Gasteiger partial charge in [-0.15, -0.1) is 9.19 Å². The van der Waals surface area contributed by atoms with Crippen molar-refractivity contribution in [3.63, 3.8) is 0 Å². The van der Waals surface area contributed by atoms with Crippen LogP contribution in [0.4, 0.5) is 0 Å². The first-order valence-corrected chi connectivity index (χ1v) is 9.69. The van der Waals surface area contributed by atoms with Crippen molar-refractivity contribution in [3.8, 4) is 5.75 Å². The Labute approximate surface area is 147 Å². The van der Waals surface area contributed by atoms with E-state index >= 15 is 0 Å². The lowest BCUT2D eigenvalue weighted by Gasteiger charge is -2.14. The Morgan fingerprint density at radius 1 is 1.12 bits per heavy atom. The van der Waals surface area contributed by atoms with Crippen LogP contribution in [-0.4, -0.2) is 29.4 Å². The van der Waals surface area contributed by atoms with Gasteiger partial charge in [-0.25, -0.2) is 0 Å². The van der Waals surface area contributed by atoms with Crippen molar-refractivity contribution >= 4 is 21.1 Å². The monoisotopic (exact) mass is 359 g/mol. The molecule has 0 aliphatic carbocycles. The Hall–Kier alpha value is -2.41. The van der Waals surface area contributed by atoms with E-state index in [2.05, 4.69) is 17.2 Å². The van der Waals surface area contributed by atoms with Crippen molar-refractivity contribution < 1.29 is 13.2 Å². The topological polar surface area (TPSA) is 74.1 Å². The summed E-state index contributed by atoms with van der Waals surface area (Å²) in [5.74, 6) is 0.358. The maximum atomic E-state index is 13.2. The summed E-state index contributed by atoms with van der Waals surface area (Å²) in [6.45, 7) is 6.34. The third kappa shape index (κ3) is 3.24. The summed E-state index contributed by atoms with van der Waals surface area (Å²) < 4.78 is 33.2. The summed E-state index contributed by atoms with van der Waals surface area (Å²) >= 11 is 0. The van der Waals surface area contributed by atoms with Gasteiger partial charge < -0.3 is 4.74 Å². The molecule has 1 aromatic heterocycles. The molecule has 0 unspecified atom stereocenters. The van der Waals surface area contributed by atoms with E-state index < -0.39 is 10.0 Å². The summed E-state index contributed by atoms with van der Waals surface area (Å²) in [5, 5.41) is 7.80. The second-order valence-corrected chi connectivity index (χ2v) is 7.75. The van der Waals surface area contributed by atoms with Crippen LogP contribution >= 0.6 is 0 Å². The van der Waals surface area contributed by atoms with Gasteiger partial charge in [-0.1, -0.05) is 30.7 Å². The smallest absolute Gasteiger partial charge is 0.288 e. The molecular formula is C18H21N3O3S. The van der Waals surface area contributed by atoms with Gasteiger partial charge in [0.15, 0.2) is 0 Å². The highest BCUT2D eigenvalue weighted by atomic mass is 32.2. The van der Waals surface area contributed by atoms with Crippen molar-refractivity contribution in [1.29, 1.82) is 0 Å². The number of hydrogen-bond donors (Lipinski definition) is 0. The summed E-state index contributed by atoms with van der Waals surface area (Å²) in [4.78, 5) is 0.113. The summed E-state index contributed by atoms with van der Waals surface area (Å²) in [6, 6.07) is 10.4. The maximum Gasteiger partial charge on any atom is 0.288 e. The Kier molecular flexibility index (Phi) is 4.76. The van der Waals surface area contributed by atoms with Crippen molar-refractivity contribution in [2.24, 2.45) is 0 Å². The molecule has 0 spiro atoms. The molecule has 0 bridgehead atoms. The van der Waals surface area contributed by atoms with Crippen molar-refractivity contribution in [2.75, 3.05) is 6.61 Å². The highest BCUT2D eigenvalue weighted by Gasteiger charge is 2.26. The van der Waals surface area contributed by atoms with Crippen molar-refractivity contribution in [1.82, 2.24) is 14.4 Å². The number of hydrogen-bond acceptors (Lipinski definition) is 5. The van der Waals surface area contributed by atoms with Gasteiger partial charge in [0, 0.05) is 0 Å². The zero-order chi connectivity index (χ0) is 18.0. The lowest BCUT2D eigenvalue weighted by molar-refractivity contribution is 0.301. The Balaban J connectivity index is 2.14. The van der Waals surface area contributed by atoms with E-state index in [1.54, 1.807) is 36.4 Å². The summed E-state index contributed by atoms with van der Waals surface area (Å²) in [5.41, 5.74) is 2.84. The third-order valence-corrected chi connectivity index (χ3v) is 5.74. The first-order chi connectivity index (χ1) is 11.9. The average Bonchev–Trinajstić information content (AvgIpc) is 3.02. The molecule has 0 atom stereocenters. The SMILES string of the molecule is CCCCOc1cc(C)c(C)cc1S(=O)(=O)n1nnc2ccccc21. The van der Waals surface area contributed by atoms with E-state index in [0.29, 0.717) is 23.4 Å². The fraction of sp³-hybridized carbons (Fsp3) is 0.333. The highest BCUT2D eigenvalue weighted by molar-refractivity contribution is 7.90. The minimum Gasteiger partial charge on any atom is -0.492 e. The summed E-state index contributed by atoms with van der Waals surface area (Å²) in [7, 11) is -3.91. The Morgan fingerprint density at radius 3 is 2.60 bits per heavy atom. The minimum atomic E-state index is -3.91. The second kappa shape index (κ2) is 6.84. The molecule has 2 aromatic carbocycles. The molecule has 7 heteroatoms. The van der Waals surface area contributed by atoms with Crippen molar-refractivity contribution in [3.05, 3.63) is 47.5 Å². The number of benzene rings is 2. The molecule has 0 aliphatic heterocycles. The molecule has 3 aromatic rings. The second-order valence-electron chi connectivity index (χ2n) is 6.01. The van der Waals surface area contributed by atoms with Crippen LogP contribution in [0.5, 0.6) is 5.75 Å². The molecule has 0 fully saturated rings. The van der Waals surface area contributed by atoms with Gasteiger partial charge in [0.05, 0.1) is 6.61 Å². The average molecular weight is 359 g/mol. The lowest BCUT2D eigenvalue weighted by Crippen LogP contribution is -2.16. The fourth-order valence-corrected chi connectivity index (χ4v) is 3.95. The van der Waals surface area contributed by atoms with Crippen molar-refractivity contribution in [2.45, 2.75) is 38.5 Å². The van der Waals surface area contributed by atoms with E-state index in [0.717, 1.165) is 28.1 Å². The quantitative estimate of drug-likeness (QED) is 0.630. The molecular weight excluding hydrogens is 338 g/mol. The molecule has 132 valence electrons. The number of para-hydroxylation sites is 1. The molecule has 0 amide bonds. The standard InChI is InChI=1S/C18H21N3O3S/c1-4-5-10-24-17-11-13(2)14(3)12-18(17)25(22,23)21-16-9-7-6-8-15(16)19-20-21/h6-9,11-12H,4-5,10H2,1-3H3. The number of aromatic nitrogens is 3. The van der Waals surface area contributed by atoms with Crippen LogP contribution in [0.3, 0.4) is 0 Å². The normalized spacial score (nSPS) is 11.8. The number of unbranched alkanes of at least 4 members (excludes halogenated alkanes) is 1. The predicted octanol–water partition coefficient (Wildman–Crippen LogP) is 3.46. The van der Waals surface area contributed by atoms with Gasteiger partial charge in [0.1, 0.15) is 21.7 Å². The van der Waals surface area contributed by atoms with Gasteiger partial charge in [0.2, 0.25) is 0 Å². The van der Waals surface area contributed by atoms with Crippen LogP contribution < -0.4 is 4.74 Å².